The molecule has 6 nitrogen and oxygen atoms in total. The number of rotatable bonds is 9. The van der Waals surface area contributed by atoms with Gasteiger partial charge < -0.3 is 14.2 Å². The zero-order chi connectivity index (χ0) is 20.6. The molecule has 0 aliphatic carbocycles. The maximum absolute atomic E-state index is 12.0. The van der Waals surface area contributed by atoms with Crippen molar-refractivity contribution in [3.05, 3.63) is 33.4 Å². The first-order valence-electron chi connectivity index (χ1n) is 9.25. The van der Waals surface area contributed by atoms with Crippen LogP contribution in [0.15, 0.2) is 0 Å². The Balaban J connectivity index is 3.84. The summed E-state index contributed by atoms with van der Waals surface area (Å²) in [6, 6.07) is 0. The number of esters is 3. The van der Waals surface area contributed by atoms with E-state index in [-0.39, 0.29) is 37.2 Å². The predicted octanol–water partition coefficient (Wildman–Crippen LogP) is 2.52. The Morgan fingerprint density at radius 1 is 0.519 bits per heavy atom. The van der Waals surface area contributed by atoms with Crippen molar-refractivity contribution in [1.82, 2.24) is 0 Å². The van der Waals surface area contributed by atoms with Crippen LogP contribution in [0.5, 0.6) is 0 Å². The fourth-order valence-electron chi connectivity index (χ4n) is 3.66. The topological polar surface area (TPSA) is 78.9 Å². The fraction of sp³-hybridized carbons (Fsp3) is 0.571. The van der Waals surface area contributed by atoms with Crippen molar-refractivity contribution in [3.63, 3.8) is 0 Å². The van der Waals surface area contributed by atoms with Crippen molar-refractivity contribution in [3.8, 4) is 0 Å². The second-order valence-corrected chi connectivity index (χ2v) is 6.19. The molecule has 0 aliphatic rings. The van der Waals surface area contributed by atoms with Gasteiger partial charge in [0.15, 0.2) is 0 Å². The Morgan fingerprint density at radius 3 is 0.889 bits per heavy atom. The summed E-state index contributed by atoms with van der Waals surface area (Å²) in [5.74, 6) is -1.05. The predicted molar refractivity (Wildman–Crippen MR) is 102 cm³/mol. The first-order valence-corrected chi connectivity index (χ1v) is 9.25. The standard InChI is InChI=1S/C21H30O6/c1-7-13-16(10-19(22)25-4)14(8-2)18(12-21(24)27-6)15(9-3)17(13)11-20(23)26-5/h7-12H2,1-6H3. The summed E-state index contributed by atoms with van der Waals surface area (Å²) < 4.78 is 14.6. The highest BCUT2D eigenvalue weighted by Crippen LogP contribution is 2.32. The molecular weight excluding hydrogens is 348 g/mol. The summed E-state index contributed by atoms with van der Waals surface area (Å²) in [5.41, 5.74) is 5.44. The number of hydrogen-bond acceptors (Lipinski definition) is 6. The lowest BCUT2D eigenvalue weighted by molar-refractivity contribution is -0.140. The molecule has 0 N–H and O–H groups in total. The van der Waals surface area contributed by atoms with Crippen molar-refractivity contribution in [1.29, 1.82) is 0 Å². The van der Waals surface area contributed by atoms with E-state index in [0.717, 1.165) is 33.4 Å². The van der Waals surface area contributed by atoms with Gasteiger partial charge in [-0.2, -0.15) is 0 Å². The van der Waals surface area contributed by atoms with Crippen molar-refractivity contribution in [2.24, 2.45) is 0 Å². The average molecular weight is 378 g/mol. The van der Waals surface area contributed by atoms with Crippen molar-refractivity contribution >= 4 is 17.9 Å². The quantitative estimate of drug-likeness (QED) is 0.485. The van der Waals surface area contributed by atoms with Gasteiger partial charge in [-0.05, 0) is 52.6 Å². The molecule has 150 valence electrons. The lowest BCUT2D eigenvalue weighted by Crippen LogP contribution is -2.20. The number of hydrogen-bond donors (Lipinski definition) is 0. The third kappa shape index (κ3) is 5.31. The molecule has 0 aromatic heterocycles. The molecule has 0 aliphatic heterocycles. The molecule has 0 heterocycles. The van der Waals surface area contributed by atoms with E-state index >= 15 is 0 Å². The molecule has 0 bridgehead atoms. The second kappa shape index (κ2) is 10.7. The third-order valence-corrected chi connectivity index (χ3v) is 4.89. The summed E-state index contributed by atoms with van der Waals surface area (Å²) in [4.78, 5) is 36.1. The minimum Gasteiger partial charge on any atom is -0.469 e. The van der Waals surface area contributed by atoms with Gasteiger partial charge in [0.05, 0.1) is 40.6 Å². The van der Waals surface area contributed by atoms with Gasteiger partial charge in [0.25, 0.3) is 0 Å². The first-order chi connectivity index (χ1) is 12.9. The summed E-state index contributed by atoms with van der Waals surface area (Å²) in [6.45, 7) is 5.99. The molecule has 27 heavy (non-hydrogen) atoms. The van der Waals surface area contributed by atoms with Crippen molar-refractivity contribution in [2.75, 3.05) is 21.3 Å². The third-order valence-electron chi connectivity index (χ3n) is 4.89. The van der Waals surface area contributed by atoms with E-state index in [2.05, 4.69) is 0 Å². The Bertz CT molecular complexity index is 589. The molecule has 1 aromatic carbocycles. The summed E-state index contributed by atoms with van der Waals surface area (Å²) in [5, 5.41) is 0. The molecule has 6 heteroatoms. The lowest BCUT2D eigenvalue weighted by atomic mass is 9.80. The fourth-order valence-corrected chi connectivity index (χ4v) is 3.66. The molecule has 1 aromatic rings. The molecule has 0 amide bonds. The summed E-state index contributed by atoms with van der Waals surface area (Å²) in [7, 11) is 4.06. The first kappa shape index (κ1) is 22.7. The van der Waals surface area contributed by atoms with E-state index in [1.165, 1.54) is 21.3 Å². The largest absolute Gasteiger partial charge is 0.469 e. The highest BCUT2D eigenvalue weighted by Gasteiger charge is 2.25. The molecule has 0 fully saturated rings. The minimum absolute atomic E-state index is 0.106. The van der Waals surface area contributed by atoms with Gasteiger partial charge in [0.2, 0.25) is 0 Å². The maximum atomic E-state index is 12.0. The zero-order valence-electron chi connectivity index (χ0n) is 17.2. The van der Waals surface area contributed by atoms with Crippen LogP contribution in [0, 0.1) is 0 Å². The molecule has 0 saturated heterocycles. The number of methoxy groups -OCH3 is 3. The highest BCUT2D eigenvalue weighted by atomic mass is 16.5. The average Bonchev–Trinajstić information content (AvgIpc) is 2.67. The number of carbonyl (C=O) groups is 3. The van der Waals surface area contributed by atoms with Crippen LogP contribution >= 0.6 is 0 Å². The van der Waals surface area contributed by atoms with E-state index in [0.29, 0.717) is 19.3 Å². The van der Waals surface area contributed by atoms with E-state index in [1.54, 1.807) is 0 Å². The highest BCUT2D eigenvalue weighted by molar-refractivity contribution is 5.79. The van der Waals surface area contributed by atoms with Crippen LogP contribution in [-0.2, 0) is 67.1 Å². The van der Waals surface area contributed by atoms with Crippen molar-refractivity contribution < 1.29 is 28.6 Å². The van der Waals surface area contributed by atoms with Crippen LogP contribution in [0.2, 0.25) is 0 Å². The minimum atomic E-state index is -0.350. The van der Waals surface area contributed by atoms with E-state index in [4.69, 9.17) is 14.2 Å². The van der Waals surface area contributed by atoms with Gasteiger partial charge in [-0.25, -0.2) is 0 Å². The summed E-state index contributed by atoms with van der Waals surface area (Å²) in [6.07, 6.45) is 2.31. The van der Waals surface area contributed by atoms with Crippen molar-refractivity contribution in [2.45, 2.75) is 59.3 Å². The Hall–Kier alpha value is -2.37. The lowest BCUT2D eigenvalue weighted by Gasteiger charge is -2.25. The van der Waals surface area contributed by atoms with E-state index in [9.17, 15) is 14.4 Å². The monoisotopic (exact) mass is 378 g/mol. The number of ether oxygens (including phenoxy) is 3. The molecule has 0 saturated carbocycles. The molecular formula is C21H30O6. The van der Waals surface area contributed by atoms with Crippen LogP contribution < -0.4 is 0 Å². The van der Waals surface area contributed by atoms with Crippen LogP contribution in [0.1, 0.15) is 54.2 Å². The zero-order valence-corrected chi connectivity index (χ0v) is 17.2. The Morgan fingerprint density at radius 2 is 0.741 bits per heavy atom. The number of benzene rings is 1. The Kier molecular flexibility index (Phi) is 8.98. The molecule has 0 atom stereocenters. The van der Waals surface area contributed by atoms with E-state index < -0.39 is 0 Å². The van der Waals surface area contributed by atoms with Crippen LogP contribution in [-0.4, -0.2) is 39.2 Å². The molecule has 1 rings (SSSR count). The van der Waals surface area contributed by atoms with Crippen LogP contribution in [0.3, 0.4) is 0 Å². The SMILES string of the molecule is CCc1c(CC(=O)OC)c(CC)c(CC(=O)OC)c(CC)c1CC(=O)OC. The molecule has 0 radical (unpaired) electrons. The number of carbonyl (C=O) groups excluding carboxylic acids is 3. The molecule has 0 unspecified atom stereocenters. The maximum Gasteiger partial charge on any atom is 0.309 e. The van der Waals surface area contributed by atoms with E-state index in [1.807, 2.05) is 20.8 Å². The van der Waals surface area contributed by atoms with Crippen LogP contribution in [0.4, 0.5) is 0 Å². The van der Waals surface area contributed by atoms with Gasteiger partial charge in [0, 0.05) is 0 Å². The van der Waals surface area contributed by atoms with Gasteiger partial charge >= 0.3 is 17.9 Å². The smallest absolute Gasteiger partial charge is 0.309 e. The van der Waals surface area contributed by atoms with Gasteiger partial charge in [-0.1, -0.05) is 20.8 Å². The summed E-state index contributed by atoms with van der Waals surface area (Å²) >= 11 is 0. The molecule has 0 spiro atoms. The van der Waals surface area contributed by atoms with Crippen LogP contribution in [0.25, 0.3) is 0 Å². The normalized spacial score (nSPS) is 10.4. The Labute approximate surface area is 161 Å². The van der Waals surface area contributed by atoms with Gasteiger partial charge in [-0.15, -0.1) is 0 Å². The van der Waals surface area contributed by atoms with Gasteiger partial charge in [0.1, 0.15) is 0 Å². The van der Waals surface area contributed by atoms with Gasteiger partial charge in [-0.3, -0.25) is 14.4 Å². The second-order valence-electron chi connectivity index (χ2n) is 6.19.